The van der Waals surface area contributed by atoms with Gasteiger partial charge in [0.1, 0.15) is 15.7 Å². The van der Waals surface area contributed by atoms with Crippen molar-refractivity contribution in [1.82, 2.24) is 14.9 Å². The van der Waals surface area contributed by atoms with Crippen LogP contribution in [0.25, 0.3) is 10.2 Å². The molecule has 2 aromatic heterocycles. The van der Waals surface area contributed by atoms with Gasteiger partial charge in [-0.3, -0.25) is 4.79 Å². The average molecular weight is 476 g/mol. The normalized spacial score (nSPS) is 17.8. The molecule has 6 nitrogen and oxygen atoms in total. The van der Waals surface area contributed by atoms with E-state index in [1.54, 1.807) is 16.2 Å². The first-order chi connectivity index (χ1) is 14.7. The van der Waals surface area contributed by atoms with E-state index in [-0.39, 0.29) is 29.2 Å². The van der Waals surface area contributed by atoms with E-state index in [1.807, 2.05) is 37.3 Å². The Morgan fingerprint density at radius 1 is 1.19 bits per heavy atom. The molecule has 1 aliphatic rings. The van der Waals surface area contributed by atoms with Crippen LogP contribution in [-0.2, 0) is 21.2 Å². The number of sulfone groups is 1. The maximum absolute atomic E-state index is 13.3. The second-order valence-corrected chi connectivity index (χ2v) is 12.3. The van der Waals surface area contributed by atoms with Crippen LogP contribution in [0.2, 0.25) is 0 Å². The molecule has 3 aromatic rings. The van der Waals surface area contributed by atoms with Gasteiger partial charge in [-0.15, -0.1) is 11.3 Å². The molecule has 31 heavy (non-hydrogen) atoms. The highest BCUT2D eigenvalue weighted by Gasteiger charge is 2.34. The van der Waals surface area contributed by atoms with Crippen LogP contribution in [0.5, 0.6) is 0 Å². The van der Waals surface area contributed by atoms with E-state index in [9.17, 15) is 13.2 Å². The number of nitrogens with zero attached hydrogens (tertiary/aromatic N) is 3. The van der Waals surface area contributed by atoms with E-state index < -0.39 is 9.84 Å². The first kappa shape index (κ1) is 22.2. The first-order valence-corrected chi connectivity index (χ1v) is 13.8. The van der Waals surface area contributed by atoms with Gasteiger partial charge in [-0.1, -0.05) is 42.1 Å². The van der Waals surface area contributed by atoms with E-state index in [1.165, 1.54) is 16.6 Å². The number of fused-ring (bicyclic) bond motifs is 1. The average Bonchev–Trinajstić information content (AvgIpc) is 3.23. The molecule has 164 valence electrons. The Labute approximate surface area is 191 Å². The summed E-state index contributed by atoms with van der Waals surface area (Å²) in [4.78, 5) is 26.3. The van der Waals surface area contributed by atoms with Gasteiger partial charge in [0.05, 0.1) is 17.3 Å². The molecule has 1 fully saturated rings. The SMILES string of the molecule is Cc1nc(SCC(=O)N(Cc2ccccc2)C2CCS(=O)(=O)C2)c2c(C)c(C)sc2n1. The van der Waals surface area contributed by atoms with Crippen molar-refractivity contribution in [2.24, 2.45) is 0 Å². The van der Waals surface area contributed by atoms with Crippen LogP contribution in [0.1, 0.15) is 28.2 Å². The topological polar surface area (TPSA) is 80.2 Å². The highest BCUT2D eigenvalue weighted by atomic mass is 32.2. The second-order valence-electron chi connectivity index (χ2n) is 7.89. The standard InChI is InChI=1S/C22H25N3O3S3/c1-14-15(2)30-22-20(14)21(23-16(3)24-22)29-12-19(26)25(11-17-7-5-4-6-8-17)18-9-10-31(27,28)13-18/h4-8,18H,9-13H2,1-3H3. The summed E-state index contributed by atoms with van der Waals surface area (Å²) in [7, 11) is -3.09. The fraction of sp³-hybridized carbons (Fsp3) is 0.409. The molecule has 0 spiro atoms. The Morgan fingerprint density at radius 3 is 2.61 bits per heavy atom. The quantitative estimate of drug-likeness (QED) is 0.397. The molecule has 1 aromatic carbocycles. The van der Waals surface area contributed by atoms with Crippen molar-refractivity contribution in [3.63, 3.8) is 0 Å². The maximum Gasteiger partial charge on any atom is 0.233 e. The Hall–Kier alpha value is -1.97. The molecule has 1 saturated heterocycles. The van der Waals surface area contributed by atoms with Crippen molar-refractivity contribution in [1.29, 1.82) is 0 Å². The Balaban J connectivity index is 1.57. The van der Waals surface area contributed by atoms with Crippen LogP contribution in [0.4, 0.5) is 0 Å². The van der Waals surface area contributed by atoms with Gasteiger partial charge in [-0.05, 0) is 38.3 Å². The molecular formula is C22H25N3O3S3. The fourth-order valence-corrected chi connectivity index (χ4v) is 7.74. The molecule has 9 heteroatoms. The number of carbonyl (C=O) groups excluding carboxylic acids is 1. The smallest absolute Gasteiger partial charge is 0.233 e. The lowest BCUT2D eigenvalue weighted by Gasteiger charge is -2.28. The number of carbonyl (C=O) groups is 1. The predicted molar refractivity (Wildman–Crippen MR) is 126 cm³/mol. The minimum absolute atomic E-state index is 0.0376. The Kier molecular flexibility index (Phi) is 6.37. The molecular weight excluding hydrogens is 450 g/mol. The van der Waals surface area contributed by atoms with Crippen molar-refractivity contribution in [3.05, 3.63) is 52.2 Å². The van der Waals surface area contributed by atoms with Crippen molar-refractivity contribution in [3.8, 4) is 0 Å². The number of thioether (sulfide) groups is 1. The summed E-state index contributed by atoms with van der Waals surface area (Å²) in [5.41, 5.74) is 2.15. The summed E-state index contributed by atoms with van der Waals surface area (Å²) in [6.45, 7) is 6.40. The van der Waals surface area contributed by atoms with Crippen molar-refractivity contribution >= 4 is 49.1 Å². The van der Waals surface area contributed by atoms with Crippen LogP contribution >= 0.6 is 23.1 Å². The van der Waals surface area contributed by atoms with Crippen LogP contribution < -0.4 is 0 Å². The third-order valence-electron chi connectivity index (χ3n) is 5.60. The van der Waals surface area contributed by atoms with Crippen LogP contribution in [0.15, 0.2) is 35.4 Å². The lowest BCUT2D eigenvalue weighted by molar-refractivity contribution is -0.130. The highest BCUT2D eigenvalue weighted by molar-refractivity contribution is 8.00. The second kappa shape index (κ2) is 8.88. The van der Waals surface area contributed by atoms with Gasteiger partial charge in [0.15, 0.2) is 9.84 Å². The zero-order chi connectivity index (χ0) is 22.2. The van der Waals surface area contributed by atoms with Gasteiger partial charge in [0, 0.05) is 22.8 Å². The summed E-state index contributed by atoms with van der Waals surface area (Å²) < 4.78 is 24.1. The van der Waals surface area contributed by atoms with E-state index in [4.69, 9.17) is 0 Å². The van der Waals surface area contributed by atoms with E-state index in [0.29, 0.717) is 18.8 Å². The molecule has 1 aliphatic heterocycles. The molecule has 0 N–H and O–H groups in total. The van der Waals surface area contributed by atoms with Crippen LogP contribution in [0.3, 0.4) is 0 Å². The maximum atomic E-state index is 13.3. The lowest BCUT2D eigenvalue weighted by atomic mass is 10.1. The Morgan fingerprint density at radius 2 is 1.94 bits per heavy atom. The molecule has 0 aliphatic carbocycles. The van der Waals surface area contributed by atoms with Crippen molar-refractivity contribution in [2.75, 3.05) is 17.3 Å². The number of hydrogen-bond donors (Lipinski definition) is 0. The molecule has 0 bridgehead atoms. The first-order valence-electron chi connectivity index (χ1n) is 10.1. The fourth-order valence-electron chi connectivity index (χ4n) is 3.85. The number of aromatic nitrogens is 2. The van der Waals surface area contributed by atoms with Crippen LogP contribution in [-0.4, -0.2) is 52.5 Å². The number of thiophene rings is 1. The number of rotatable bonds is 6. The number of aryl methyl sites for hydroxylation is 3. The third kappa shape index (κ3) is 4.94. The molecule has 1 atom stereocenters. The third-order valence-corrected chi connectivity index (χ3v) is 9.42. The monoisotopic (exact) mass is 475 g/mol. The minimum atomic E-state index is -3.09. The Bertz CT molecular complexity index is 1220. The minimum Gasteiger partial charge on any atom is -0.334 e. The van der Waals surface area contributed by atoms with Gasteiger partial charge in [0.2, 0.25) is 5.91 Å². The van der Waals surface area contributed by atoms with Gasteiger partial charge in [-0.2, -0.15) is 0 Å². The largest absolute Gasteiger partial charge is 0.334 e. The number of amides is 1. The molecule has 4 rings (SSSR count). The molecule has 1 amide bonds. The number of hydrogen-bond acceptors (Lipinski definition) is 7. The van der Waals surface area contributed by atoms with Crippen molar-refractivity contribution < 1.29 is 13.2 Å². The zero-order valence-corrected chi connectivity index (χ0v) is 20.2. The van der Waals surface area contributed by atoms with Gasteiger partial charge < -0.3 is 4.90 Å². The molecule has 0 radical (unpaired) electrons. The summed E-state index contributed by atoms with van der Waals surface area (Å²) in [5, 5.41) is 1.83. The van der Waals surface area contributed by atoms with E-state index >= 15 is 0 Å². The zero-order valence-electron chi connectivity index (χ0n) is 17.8. The molecule has 3 heterocycles. The lowest BCUT2D eigenvalue weighted by Crippen LogP contribution is -2.41. The number of benzene rings is 1. The van der Waals surface area contributed by atoms with Crippen LogP contribution in [0, 0.1) is 20.8 Å². The van der Waals surface area contributed by atoms with E-state index in [0.717, 1.165) is 26.4 Å². The molecule has 1 unspecified atom stereocenters. The summed E-state index contributed by atoms with van der Waals surface area (Å²) in [6.07, 6.45) is 0.491. The highest BCUT2D eigenvalue weighted by Crippen LogP contribution is 2.35. The van der Waals surface area contributed by atoms with E-state index in [2.05, 4.69) is 23.8 Å². The van der Waals surface area contributed by atoms with Gasteiger partial charge in [-0.25, -0.2) is 18.4 Å². The van der Waals surface area contributed by atoms with Gasteiger partial charge >= 0.3 is 0 Å². The van der Waals surface area contributed by atoms with Crippen molar-refractivity contribution in [2.45, 2.75) is 44.8 Å². The summed E-state index contributed by atoms with van der Waals surface area (Å²) >= 11 is 3.06. The summed E-state index contributed by atoms with van der Waals surface area (Å²) in [5.74, 6) is 1.01. The van der Waals surface area contributed by atoms with Gasteiger partial charge in [0.25, 0.3) is 0 Å². The summed E-state index contributed by atoms with van der Waals surface area (Å²) in [6, 6.07) is 9.44. The predicted octanol–water partition coefficient (Wildman–Crippen LogP) is 3.92. The molecule has 0 saturated carbocycles.